The van der Waals surface area contributed by atoms with Crippen LogP contribution in [0.4, 0.5) is 0 Å². The summed E-state index contributed by atoms with van der Waals surface area (Å²) in [5.74, 6) is 0.774. The summed E-state index contributed by atoms with van der Waals surface area (Å²) in [7, 11) is -0.675. The van der Waals surface area contributed by atoms with Gasteiger partial charge < -0.3 is 9.88 Å². The maximum Gasteiger partial charge on any atom is 0.0951 e. The molecule has 0 bridgehead atoms. The molecule has 1 N–H and O–H groups in total. The molecule has 0 saturated carbocycles. The largest absolute Gasteiger partial charge is 0.331 e. The quantitative estimate of drug-likeness (QED) is 0.735. The highest BCUT2D eigenvalue weighted by atomic mass is 32.2. The van der Waals surface area contributed by atoms with E-state index < -0.39 is 10.8 Å². The van der Waals surface area contributed by atoms with E-state index in [1.165, 1.54) is 5.69 Å². The molecule has 0 amide bonds. The van der Waals surface area contributed by atoms with Gasteiger partial charge in [-0.15, -0.1) is 0 Å². The monoisotopic (exact) mass is 243 g/mol. The zero-order valence-corrected chi connectivity index (χ0v) is 11.1. The summed E-state index contributed by atoms with van der Waals surface area (Å²) in [6.45, 7) is 6.02. The molecule has 1 unspecified atom stereocenters. The highest BCUT2D eigenvalue weighted by Gasteiger charge is 2.04. The minimum Gasteiger partial charge on any atom is -0.331 e. The summed E-state index contributed by atoms with van der Waals surface area (Å²) in [5, 5.41) is 3.34. The molecule has 0 aliphatic carbocycles. The Kier molecular flexibility index (Phi) is 5.69. The van der Waals surface area contributed by atoms with Crippen molar-refractivity contribution in [1.29, 1.82) is 0 Å². The highest BCUT2D eigenvalue weighted by molar-refractivity contribution is 7.84. The third-order valence-electron chi connectivity index (χ3n) is 2.39. The van der Waals surface area contributed by atoms with Crippen LogP contribution in [0.15, 0.2) is 12.5 Å². The summed E-state index contributed by atoms with van der Waals surface area (Å²) >= 11 is 0. The van der Waals surface area contributed by atoms with E-state index in [9.17, 15) is 4.21 Å². The first kappa shape index (κ1) is 13.4. The minimum absolute atomic E-state index is 0.447. The van der Waals surface area contributed by atoms with Crippen LogP contribution in [-0.4, -0.2) is 32.3 Å². The SMILES string of the molecule is CC(C)n1cncc1CNCCCS(C)=O. The average Bonchev–Trinajstić information content (AvgIpc) is 2.65. The maximum absolute atomic E-state index is 10.8. The zero-order valence-electron chi connectivity index (χ0n) is 10.3. The van der Waals surface area contributed by atoms with Crippen LogP contribution in [0, 0.1) is 0 Å². The fourth-order valence-corrected chi connectivity index (χ4v) is 2.10. The summed E-state index contributed by atoms with van der Waals surface area (Å²) < 4.78 is 13.0. The van der Waals surface area contributed by atoms with E-state index in [0.29, 0.717) is 6.04 Å². The lowest BCUT2D eigenvalue weighted by molar-refractivity contribution is 0.550. The lowest BCUT2D eigenvalue weighted by Gasteiger charge is -2.12. The van der Waals surface area contributed by atoms with Crippen LogP contribution in [0.5, 0.6) is 0 Å². The van der Waals surface area contributed by atoms with Gasteiger partial charge in [0.2, 0.25) is 0 Å². The molecule has 0 spiro atoms. The molecular weight excluding hydrogens is 222 g/mol. The molecule has 0 aromatic carbocycles. The van der Waals surface area contributed by atoms with Gasteiger partial charge in [0.1, 0.15) is 0 Å². The number of imidazole rings is 1. The third-order valence-corrected chi connectivity index (χ3v) is 3.26. The van der Waals surface area contributed by atoms with E-state index in [4.69, 9.17) is 0 Å². The first-order valence-electron chi connectivity index (χ1n) is 5.62. The van der Waals surface area contributed by atoms with Gasteiger partial charge in [0.15, 0.2) is 0 Å². The molecular formula is C11H21N3OS. The number of aromatic nitrogens is 2. The maximum atomic E-state index is 10.8. The molecule has 1 atom stereocenters. The molecule has 0 radical (unpaired) electrons. The lowest BCUT2D eigenvalue weighted by Crippen LogP contribution is -2.19. The summed E-state index contributed by atoms with van der Waals surface area (Å²) in [5.41, 5.74) is 1.20. The molecule has 0 saturated heterocycles. The van der Waals surface area contributed by atoms with E-state index in [0.717, 1.165) is 25.3 Å². The molecule has 1 heterocycles. The topological polar surface area (TPSA) is 46.9 Å². The van der Waals surface area contributed by atoms with Gasteiger partial charge >= 0.3 is 0 Å². The fourth-order valence-electron chi connectivity index (χ4n) is 1.55. The van der Waals surface area contributed by atoms with Crippen molar-refractivity contribution in [3.63, 3.8) is 0 Å². The summed E-state index contributed by atoms with van der Waals surface area (Å²) in [6.07, 6.45) is 6.46. The summed E-state index contributed by atoms with van der Waals surface area (Å²) in [6, 6.07) is 0.447. The predicted molar refractivity (Wildman–Crippen MR) is 67.9 cm³/mol. The zero-order chi connectivity index (χ0) is 12.0. The Bertz CT molecular complexity index is 336. The second-order valence-corrected chi connectivity index (χ2v) is 5.75. The Morgan fingerprint density at radius 2 is 2.31 bits per heavy atom. The molecule has 0 fully saturated rings. The van der Waals surface area contributed by atoms with Crippen molar-refractivity contribution < 1.29 is 4.21 Å². The van der Waals surface area contributed by atoms with Gasteiger partial charge in [0.05, 0.1) is 12.0 Å². The summed E-state index contributed by atoms with van der Waals surface area (Å²) in [4.78, 5) is 4.14. The Morgan fingerprint density at radius 3 is 2.94 bits per heavy atom. The molecule has 0 aliphatic rings. The highest BCUT2D eigenvalue weighted by Crippen LogP contribution is 2.08. The van der Waals surface area contributed by atoms with Crippen molar-refractivity contribution in [2.75, 3.05) is 18.6 Å². The number of hydrogen-bond acceptors (Lipinski definition) is 3. The smallest absolute Gasteiger partial charge is 0.0951 e. The Balaban J connectivity index is 2.26. The molecule has 16 heavy (non-hydrogen) atoms. The van der Waals surface area contributed by atoms with Crippen LogP contribution < -0.4 is 5.32 Å². The van der Waals surface area contributed by atoms with Gasteiger partial charge in [-0.2, -0.15) is 0 Å². The van der Waals surface area contributed by atoms with E-state index in [2.05, 4.69) is 28.7 Å². The lowest BCUT2D eigenvalue weighted by atomic mass is 10.3. The first-order chi connectivity index (χ1) is 7.61. The van der Waals surface area contributed by atoms with Gasteiger partial charge in [-0.3, -0.25) is 4.21 Å². The fraction of sp³-hybridized carbons (Fsp3) is 0.727. The number of nitrogens with zero attached hydrogens (tertiary/aromatic N) is 2. The third kappa shape index (κ3) is 4.45. The minimum atomic E-state index is -0.675. The molecule has 5 heteroatoms. The normalized spacial score (nSPS) is 13.2. The van der Waals surface area contributed by atoms with Crippen LogP contribution in [0.1, 0.15) is 32.0 Å². The van der Waals surface area contributed by atoms with E-state index >= 15 is 0 Å². The predicted octanol–water partition coefficient (Wildman–Crippen LogP) is 1.32. The Morgan fingerprint density at radius 1 is 1.56 bits per heavy atom. The van der Waals surface area contributed by atoms with Crippen molar-refractivity contribution in [3.05, 3.63) is 18.2 Å². The Labute approximate surface area is 99.9 Å². The van der Waals surface area contributed by atoms with Gasteiger partial charge in [0.25, 0.3) is 0 Å². The van der Waals surface area contributed by atoms with Crippen LogP contribution in [0.2, 0.25) is 0 Å². The Hall–Kier alpha value is -0.680. The van der Waals surface area contributed by atoms with Crippen molar-refractivity contribution in [2.45, 2.75) is 32.9 Å². The van der Waals surface area contributed by atoms with Gasteiger partial charge in [-0.25, -0.2) is 4.98 Å². The number of rotatable bonds is 7. The van der Waals surface area contributed by atoms with Gasteiger partial charge in [0, 0.05) is 41.6 Å². The van der Waals surface area contributed by atoms with E-state index in [1.54, 1.807) is 6.26 Å². The van der Waals surface area contributed by atoms with Crippen molar-refractivity contribution in [3.8, 4) is 0 Å². The standard InChI is InChI=1S/C11H21N3OS/c1-10(2)14-9-13-8-11(14)7-12-5-4-6-16(3)15/h8-10,12H,4-7H2,1-3H3. The number of hydrogen-bond donors (Lipinski definition) is 1. The van der Waals surface area contributed by atoms with Crippen molar-refractivity contribution in [1.82, 2.24) is 14.9 Å². The molecule has 1 aromatic rings. The first-order valence-corrected chi connectivity index (χ1v) is 7.35. The van der Waals surface area contributed by atoms with Crippen LogP contribution in [-0.2, 0) is 17.3 Å². The molecule has 92 valence electrons. The second-order valence-electron chi connectivity index (χ2n) is 4.19. The van der Waals surface area contributed by atoms with Crippen molar-refractivity contribution >= 4 is 10.8 Å². The van der Waals surface area contributed by atoms with Gasteiger partial charge in [-0.05, 0) is 26.8 Å². The molecule has 1 aromatic heterocycles. The molecule has 1 rings (SSSR count). The van der Waals surface area contributed by atoms with Crippen molar-refractivity contribution in [2.24, 2.45) is 0 Å². The average molecular weight is 243 g/mol. The van der Waals surface area contributed by atoms with Crippen LogP contribution in [0.3, 0.4) is 0 Å². The van der Waals surface area contributed by atoms with Crippen LogP contribution >= 0.6 is 0 Å². The second kappa shape index (κ2) is 6.81. The molecule has 0 aliphatic heterocycles. The van der Waals surface area contributed by atoms with E-state index in [1.807, 2.05) is 12.5 Å². The molecule has 4 nitrogen and oxygen atoms in total. The number of nitrogens with one attached hydrogen (secondary N) is 1. The van der Waals surface area contributed by atoms with Crippen LogP contribution in [0.25, 0.3) is 0 Å². The van der Waals surface area contributed by atoms with E-state index in [-0.39, 0.29) is 0 Å². The van der Waals surface area contributed by atoms with Gasteiger partial charge in [-0.1, -0.05) is 0 Å².